The summed E-state index contributed by atoms with van der Waals surface area (Å²) in [6.07, 6.45) is 0. The van der Waals surface area contributed by atoms with E-state index in [4.69, 9.17) is 4.74 Å². The topological polar surface area (TPSA) is 43.4 Å². The fourth-order valence-corrected chi connectivity index (χ4v) is 9.46. The Morgan fingerprint density at radius 2 is 1.32 bits per heavy atom. The van der Waals surface area contributed by atoms with Crippen LogP contribution < -0.4 is 4.74 Å². The van der Waals surface area contributed by atoms with Crippen LogP contribution in [-0.4, -0.2) is 15.5 Å². The lowest BCUT2D eigenvalue weighted by Gasteiger charge is -2.20. The Bertz CT molecular complexity index is 1270. The van der Waals surface area contributed by atoms with Crippen LogP contribution in [0.1, 0.15) is 0 Å². The molecule has 0 aromatic heterocycles. The molecule has 31 heavy (non-hydrogen) atoms. The predicted octanol–water partition coefficient (Wildman–Crippen LogP) is 5.44. The van der Waals surface area contributed by atoms with Crippen molar-refractivity contribution < 1.29 is 13.2 Å². The highest BCUT2D eigenvalue weighted by Crippen LogP contribution is 2.45. The van der Waals surface area contributed by atoms with Crippen LogP contribution >= 0.6 is 0 Å². The average molecular weight is 464 g/mol. The van der Waals surface area contributed by atoms with E-state index in [1.807, 2.05) is 97.1 Å². The van der Waals surface area contributed by atoms with Crippen molar-refractivity contribution in [3.8, 4) is 5.75 Å². The fraction of sp³-hybridized carbons (Fsp3) is 0.0400. The average Bonchev–Trinajstić information content (AvgIpc) is 2.84. The number of hydrogen-bond acceptors (Lipinski definition) is 3. The van der Waals surface area contributed by atoms with Gasteiger partial charge in [-0.25, -0.2) is 8.42 Å². The Balaban J connectivity index is 1.78. The van der Waals surface area contributed by atoms with E-state index in [9.17, 15) is 8.42 Å². The first-order chi connectivity index (χ1) is 15.2. The van der Waals surface area contributed by atoms with Gasteiger partial charge in [0, 0.05) is 11.0 Å². The maximum Gasteiger partial charge on any atom is 0.186 e. The van der Waals surface area contributed by atoms with Crippen molar-refractivity contribution in [3.63, 3.8) is 0 Å². The number of methoxy groups -OCH3 is 1. The molecule has 4 aromatic carbocycles. The first kappa shape index (κ1) is 20.2. The van der Waals surface area contributed by atoms with E-state index < -0.39 is 32.5 Å². The molecule has 0 amide bonds. The number of benzene rings is 4. The first-order valence-corrected chi connectivity index (χ1v) is 13.2. The number of fused-ring (bicyclic) bond motifs is 2. The van der Waals surface area contributed by atoms with Gasteiger partial charge in [0.05, 0.1) is 43.4 Å². The van der Waals surface area contributed by atoms with E-state index in [-0.39, 0.29) is 0 Å². The molecule has 4 aromatic rings. The van der Waals surface area contributed by atoms with Crippen LogP contribution in [-0.2, 0) is 32.5 Å². The Morgan fingerprint density at radius 1 is 0.742 bits per heavy atom. The molecular formula is C25H19O3S3+. The predicted molar refractivity (Wildman–Crippen MR) is 124 cm³/mol. The standard InChI is InChI=1S/C25H19O3S3/c1-28-18-15-16-24(30(26)19-9-3-2-4-10-19)25(17-18)29-20-11-5-7-13-22(20)31(27)23-14-8-6-12-21(23)29/h2-17H,1H3/q+1. The molecule has 1 unspecified atom stereocenters. The van der Waals surface area contributed by atoms with Gasteiger partial charge in [0.25, 0.3) is 0 Å². The second kappa shape index (κ2) is 8.46. The summed E-state index contributed by atoms with van der Waals surface area (Å²) in [5, 5.41) is 0. The smallest absolute Gasteiger partial charge is 0.186 e. The Hall–Kier alpha value is -2.67. The van der Waals surface area contributed by atoms with Crippen molar-refractivity contribution in [3.05, 3.63) is 97.1 Å². The molecule has 1 aliphatic heterocycles. The van der Waals surface area contributed by atoms with Gasteiger partial charge >= 0.3 is 0 Å². The summed E-state index contributed by atoms with van der Waals surface area (Å²) in [6.45, 7) is 0. The van der Waals surface area contributed by atoms with Crippen LogP contribution in [0.15, 0.2) is 131 Å². The van der Waals surface area contributed by atoms with Gasteiger partial charge in [-0.1, -0.05) is 42.5 Å². The van der Waals surface area contributed by atoms with Crippen molar-refractivity contribution in [2.24, 2.45) is 0 Å². The first-order valence-electron chi connectivity index (χ1n) is 9.68. The summed E-state index contributed by atoms with van der Waals surface area (Å²) in [4.78, 5) is 6.04. The molecule has 1 atom stereocenters. The second-order valence-corrected chi connectivity index (χ2v) is 11.7. The zero-order valence-corrected chi connectivity index (χ0v) is 19.1. The van der Waals surface area contributed by atoms with E-state index in [1.165, 1.54) is 0 Å². The molecule has 0 aliphatic carbocycles. The van der Waals surface area contributed by atoms with Crippen LogP contribution in [0.5, 0.6) is 5.75 Å². The van der Waals surface area contributed by atoms with Crippen LogP contribution in [0.4, 0.5) is 0 Å². The third-order valence-electron chi connectivity index (χ3n) is 5.07. The largest absolute Gasteiger partial charge is 0.497 e. The molecule has 0 fully saturated rings. The quantitative estimate of drug-likeness (QED) is 0.334. The van der Waals surface area contributed by atoms with Gasteiger partial charge in [-0.2, -0.15) is 0 Å². The van der Waals surface area contributed by atoms with Crippen LogP contribution in [0.3, 0.4) is 0 Å². The molecule has 0 saturated carbocycles. The fourth-order valence-electron chi connectivity index (χ4n) is 3.62. The molecule has 0 spiro atoms. The van der Waals surface area contributed by atoms with Gasteiger partial charge in [0.15, 0.2) is 14.7 Å². The minimum absolute atomic E-state index is 0.563. The molecule has 0 radical (unpaired) electrons. The lowest BCUT2D eigenvalue weighted by molar-refractivity contribution is 0.413. The van der Waals surface area contributed by atoms with Gasteiger partial charge < -0.3 is 4.74 Å². The highest BCUT2D eigenvalue weighted by atomic mass is 32.2. The maximum atomic E-state index is 13.6. The van der Waals surface area contributed by atoms with Crippen molar-refractivity contribution in [2.75, 3.05) is 7.11 Å². The van der Waals surface area contributed by atoms with Crippen molar-refractivity contribution in [1.29, 1.82) is 0 Å². The van der Waals surface area contributed by atoms with Gasteiger partial charge in [0.1, 0.15) is 16.6 Å². The highest BCUT2D eigenvalue weighted by Gasteiger charge is 2.43. The summed E-state index contributed by atoms with van der Waals surface area (Å²) < 4.78 is 32.4. The lowest BCUT2D eigenvalue weighted by Crippen LogP contribution is -2.18. The Kier molecular flexibility index (Phi) is 5.52. The SMILES string of the molecule is COc1ccc(S(=O)c2ccccc2)c([S+]2c3ccccc3S(=O)c3ccccc32)c1. The minimum Gasteiger partial charge on any atom is -0.497 e. The second-order valence-electron chi connectivity index (χ2n) is 6.86. The van der Waals surface area contributed by atoms with E-state index >= 15 is 0 Å². The summed E-state index contributed by atoms with van der Waals surface area (Å²) in [5.41, 5.74) is 0. The van der Waals surface area contributed by atoms with Crippen LogP contribution in [0.25, 0.3) is 0 Å². The third-order valence-corrected chi connectivity index (χ3v) is 10.8. The van der Waals surface area contributed by atoms with Gasteiger partial charge in [-0.15, -0.1) is 0 Å². The molecule has 5 rings (SSSR count). The maximum absolute atomic E-state index is 13.6. The van der Waals surface area contributed by atoms with Crippen molar-refractivity contribution in [1.82, 2.24) is 0 Å². The summed E-state index contributed by atoms with van der Waals surface area (Å²) in [5.74, 6) is 0.706. The Morgan fingerprint density at radius 3 is 1.94 bits per heavy atom. The summed E-state index contributed by atoms with van der Waals surface area (Å²) >= 11 is 0. The van der Waals surface area contributed by atoms with Gasteiger partial charge in [0.2, 0.25) is 0 Å². The molecule has 0 N–H and O–H groups in total. The van der Waals surface area contributed by atoms with Crippen molar-refractivity contribution in [2.45, 2.75) is 34.3 Å². The van der Waals surface area contributed by atoms with Crippen LogP contribution in [0.2, 0.25) is 0 Å². The molecule has 3 nitrogen and oxygen atoms in total. The Labute approximate surface area is 189 Å². The molecule has 0 bridgehead atoms. The van der Waals surface area contributed by atoms with Crippen molar-refractivity contribution >= 4 is 32.5 Å². The van der Waals surface area contributed by atoms with E-state index in [0.29, 0.717) is 5.75 Å². The molecule has 6 heteroatoms. The summed E-state index contributed by atoms with van der Waals surface area (Å²) in [7, 11) is -1.53. The van der Waals surface area contributed by atoms with Crippen LogP contribution in [0, 0.1) is 0 Å². The minimum atomic E-state index is -1.36. The van der Waals surface area contributed by atoms with E-state index in [2.05, 4.69) is 0 Å². The molecule has 1 heterocycles. The monoisotopic (exact) mass is 463 g/mol. The molecule has 1 aliphatic rings. The normalized spacial score (nSPS) is 18.0. The highest BCUT2D eigenvalue weighted by molar-refractivity contribution is 7.99. The number of rotatable bonds is 4. The zero-order valence-electron chi connectivity index (χ0n) is 16.7. The molecular weight excluding hydrogens is 444 g/mol. The van der Waals surface area contributed by atoms with Gasteiger partial charge in [-0.3, -0.25) is 0 Å². The molecule has 154 valence electrons. The van der Waals surface area contributed by atoms with Gasteiger partial charge in [-0.05, 0) is 48.5 Å². The molecule has 0 saturated heterocycles. The lowest BCUT2D eigenvalue weighted by atomic mass is 10.3. The van der Waals surface area contributed by atoms with E-state index in [0.717, 1.165) is 34.3 Å². The van der Waals surface area contributed by atoms with E-state index in [1.54, 1.807) is 7.11 Å². The number of ether oxygens (including phenoxy) is 1. The summed E-state index contributed by atoms with van der Waals surface area (Å²) in [6, 6.07) is 30.9. The third kappa shape index (κ3) is 3.55. The number of hydrogen-bond donors (Lipinski definition) is 0. The zero-order chi connectivity index (χ0) is 21.4.